The zero-order chi connectivity index (χ0) is 19.0. The summed E-state index contributed by atoms with van der Waals surface area (Å²) in [6, 6.07) is 26.6. The first-order chi connectivity index (χ1) is 13.6. The molecule has 0 saturated carbocycles. The lowest BCUT2D eigenvalue weighted by Gasteiger charge is -2.22. The number of pyridine rings is 1. The molecule has 134 valence electrons. The largest absolute Gasteiger partial charge is 0.252 e. The first kappa shape index (κ1) is 15.8. The molecule has 0 amide bonds. The second-order valence-electron chi connectivity index (χ2n) is 8.49. The highest BCUT2D eigenvalue weighted by molar-refractivity contribution is 6.20. The van der Waals surface area contributed by atoms with Crippen LogP contribution in [0.25, 0.3) is 43.6 Å². The fraction of sp³-hybridized carbons (Fsp3) is 0.148. The van der Waals surface area contributed by atoms with E-state index in [9.17, 15) is 0 Å². The van der Waals surface area contributed by atoms with Crippen molar-refractivity contribution in [3.05, 3.63) is 89.6 Å². The fourth-order valence-corrected chi connectivity index (χ4v) is 5.13. The van der Waals surface area contributed by atoms with Crippen molar-refractivity contribution >= 4 is 32.4 Å². The summed E-state index contributed by atoms with van der Waals surface area (Å²) < 4.78 is 0. The molecule has 0 radical (unpaired) electrons. The summed E-state index contributed by atoms with van der Waals surface area (Å²) in [6.07, 6.45) is 0. The third-order valence-corrected chi connectivity index (χ3v) is 6.58. The van der Waals surface area contributed by atoms with Crippen LogP contribution in [0.15, 0.2) is 72.8 Å². The van der Waals surface area contributed by atoms with Crippen molar-refractivity contribution in [1.29, 1.82) is 0 Å². The monoisotopic (exact) mass is 359 g/mol. The van der Waals surface area contributed by atoms with Gasteiger partial charge in [0.2, 0.25) is 0 Å². The van der Waals surface area contributed by atoms with Gasteiger partial charge in [-0.25, -0.2) is 0 Å². The number of aromatic nitrogens is 1. The molecule has 0 atom stereocenters. The first-order valence-electron chi connectivity index (χ1n) is 9.92. The zero-order valence-corrected chi connectivity index (χ0v) is 16.4. The SMILES string of the molecule is Cc1nc2ccc3ccccc3c2c2cc3c(cc12)C(C)(C)c1ccccc1-3. The van der Waals surface area contributed by atoms with Crippen molar-refractivity contribution in [2.75, 3.05) is 0 Å². The van der Waals surface area contributed by atoms with E-state index in [4.69, 9.17) is 4.98 Å². The summed E-state index contributed by atoms with van der Waals surface area (Å²) in [5, 5.41) is 6.39. The van der Waals surface area contributed by atoms with E-state index < -0.39 is 0 Å². The second kappa shape index (κ2) is 5.20. The van der Waals surface area contributed by atoms with Crippen LogP contribution in [-0.2, 0) is 5.41 Å². The molecular weight excluding hydrogens is 338 g/mol. The Morgan fingerprint density at radius 2 is 1.46 bits per heavy atom. The highest BCUT2D eigenvalue weighted by Crippen LogP contribution is 2.50. The number of rotatable bonds is 0. The van der Waals surface area contributed by atoms with Gasteiger partial charge in [0.05, 0.1) is 5.52 Å². The van der Waals surface area contributed by atoms with E-state index in [1.807, 2.05) is 0 Å². The molecule has 0 saturated heterocycles. The molecule has 5 aromatic rings. The molecular formula is C27H21N. The summed E-state index contributed by atoms with van der Waals surface area (Å²) in [4.78, 5) is 4.98. The zero-order valence-electron chi connectivity index (χ0n) is 16.4. The van der Waals surface area contributed by atoms with E-state index in [0.717, 1.165) is 11.2 Å². The normalized spacial score (nSPS) is 14.5. The molecule has 0 fully saturated rings. The van der Waals surface area contributed by atoms with Crippen LogP contribution in [-0.4, -0.2) is 4.98 Å². The maximum absolute atomic E-state index is 4.98. The van der Waals surface area contributed by atoms with Crippen LogP contribution < -0.4 is 0 Å². The van der Waals surface area contributed by atoms with Crippen LogP contribution in [0, 0.1) is 6.92 Å². The predicted octanol–water partition coefficient (Wildman–Crippen LogP) is 7.16. The molecule has 0 aliphatic heterocycles. The minimum Gasteiger partial charge on any atom is -0.252 e. The van der Waals surface area contributed by atoms with Crippen LogP contribution in [0.4, 0.5) is 0 Å². The van der Waals surface area contributed by atoms with Crippen LogP contribution in [0.1, 0.15) is 30.7 Å². The predicted molar refractivity (Wildman–Crippen MR) is 119 cm³/mol. The minimum absolute atomic E-state index is 0.0142. The molecule has 6 rings (SSSR count). The van der Waals surface area contributed by atoms with Gasteiger partial charge in [-0.1, -0.05) is 68.4 Å². The smallest absolute Gasteiger partial charge is 0.0718 e. The molecule has 1 heteroatoms. The van der Waals surface area contributed by atoms with E-state index in [1.54, 1.807) is 0 Å². The van der Waals surface area contributed by atoms with E-state index in [-0.39, 0.29) is 5.41 Å². The van der Waals surface area contributed by atoms with Gasteiger partial charge in [0.15, 0.2) is 0 Å². The maximum Gasteiger partial charge on any atom is 0.0718 e. The van der Waals surface area contributed by atoms with Gasteiger partial charge in [-0.15, -0.1) is 0 Å². The van der Waals surface area contributed by atoms with Crippen LogP contribution >= 0.6 is 0 Å². The minimum atomic E-state index is 0.0142. The van der Waals surface area contributed by atoms with Gasteiger partial charge in [0.25, 0.3) is 0 Å². The Kier molecular flexibility index (Phi) is 2.94. The van der Waals surface area contributed by atoms with Crippen LogP contribution in [0.3, 0.4) is 0 Å². The molecule has 1 heterocycles. The van der Waals surface area contributed by atoms with Gasteiger partial charge >= 0.3 is 0 Å². The lowest BCUT2D eigenvalue weighted by molar-refractivity contribution is 0.661. The third kappa shape index (κ3) is 1.89. The molecule has 4 aromatic carbocycles. The van der Waals surface area contributed by atoms with Gasteiger partial charge in [-0.2, -0.15) is 0 Å². The molecule has 0 bridgehead atoms. The summed E-state index contributed by atoms with van der Waals surface area (Å²) in [5.74, 6) is 0. The van der Waals surface area contributed by atoms with Crippen molar-refractivity contribution in [2.45, 2.75) is 26.2 Å². The summed E-state index contributed by atoms with van der Waals surface area (Å²) in [5.41, 5.74) is 7.76. The highest BCUT2D eigenvalue weighted by Gasteiger charge is 2.35. The van der Waals surface area contributed by atoms with Crippen LogP contribution in [0.5, 0.6) is 0 Å². The first-order valence-corrected chi connectivity index (χ1v) is 9.92. The maximum atomic E-state index is 4.98. The van der Waals surface area contributed by atoms with Crippen molar-refractivity contribution < 1.29 is 0 Å². The van der Waals surface area contributed by atoms with Crippen molar-refractivity contribution in [3.8, 4) is 11.1 Å². The molecule has 28 heavy (non-hydrogen) atoms. The number of hydrogen-bond acceptors (Lipinski definition) is 1. The number of benzene rings is 4. The molecule has 0 N–H and O–H groups in total. The molecule has 0 spiro atoms. The number of aryl methyl sites for hydroxylation is 1. The Hall–Kier alpha value is -3.19. The summed E-state index contributed by atoms with van der Waals surface area (Å²) in [7, 11) is 0. The summed E-state index contributed by atoms with van der Waals surface area (Å²) in [6.45, 7) is 6.81. The average molecular weight is 359 g/mol. The van der Waals surface area contributed by atoms with E-state index in [1.165, 1.54) is 49.2 Å². The van der Waals surface area contributed by atoms with Gasteiger partial charge in [0.1, 0.15) is 0 Å². The molecule has 1 nitrogen and oxygen atoms in total. The number of nitrogens with zero attached hydrogens (tertiary/aromatic N) is 1. The Bertz CT molecular complexity index is 1440. The highest BCUT2D eigenvalue weighted by atomic mass is 14.7. The van der Waals surface area contributed by atoms with Gasteiger partial charge < -0.3 is 0 Å². The van der Waals surface area contributed by atoms with Crippen molar-refractivity contribution in [2.24, 2.45) is 0 Å². The Morgan fingerprint density at radius 3 is 2.36 bits per heavy atom. The lowest BCUT2D eigenvalue weighted by atomic mass is 9.81. The Labute approximate surface area is 164 Å². The van der Waals surface area contributed by atoms with Gasteiger partial charge in [-0.05, 0) is 63.5 Å². The van der Waals surface area contributed by atoms with E-state index in [0.29, 0.717) is 0 Å². The Morgan fingerprint density at radius 1 is 0.679 bits per heavy atom. The van der Waals surface area contributed by atoms with E-state index in [2.05, 4.69) is 93.6 Å². The quantitative estimate of drug-likeness (QED) is 0.267. The molecule has 1 aliphatic rings. The summed E-state index contributed by atoms with van der Waals surface area (Å²) >= 11 is 0. The fourth-order valence-electron chi connectivity index (χ4n) is 5.13. The topological polar surface area (TPSA) is 12.9 Å². The van der Waals surface area contributed by atoms with Crippen LogP contribution in [0.2, 0.25) is 0 Å². The Balaban J connectivity index is 1.85. The molecule has 1 aliphatic carbocycles. The van der Waals surface area contributed by atoms with E-state index >= 15 is 0 Å². The second-order valence-corrected chi connectivity index (χ2v) is 8.49. The van der Waals surface area contributed by atoms with Crippen molar-refractivity contribution in [1.82, 2.24) is 4.98 Å². The number of hydrogen-bond donors (Lipinski definition) is 0. The lowest BCUT2D eigenvalue weighted by Crippen LogP contribution is -2.14. The average Bonchev–Trinajstić information content (AvgIpc) is 2.94. The molecule has 0 unspecified atom stereocenters. The molecule has 1 aromatic heterocycles. The van der Waals surface area contributed by atoms with Gasteiger partial charge in [-0.3, -0.25) is 4.98 Å². The number of fused-ring (bicyclic) bond motifs is 8. The van der Waals surface area contributed by atoms with Gasteiger partial charge in [0, 0.05) is 21.9 Å². The standard InChI is InChI=1S/C27H21N/c1-16-20-15-24-21(19-10-6-7-11-23(19)27(24,2)3)14-22(20)26-18-9-5-4-8-17(18)12-13-25(26)28-16/h4-15H,1-3H3. The third-order valence-electron chi connectivity index (χ3n) is 6.58. The van der Waals surface area contributed by atoms with Crippen molar-refractivity contribution in [3.63, 3.8) is 0 Å².